The number of hydrogen-bond acceptors (Lipinski definition) is 3. The van der Waals surface area contributed by atoms with Crippen LogP contribution in [0.15, 0.2) is 24.3 Å². The van der Waals surface area contributed by atoms with Gasteiger partial charge in [0.2, 0.25) is 0 Å². The minimum atomic E-state index is -0.938. The Morgan fingerprint density at radius 1 is 1.24 bits per heavy atom. The third-order valence-electron chi connectivity index (χ3n) is 3.74. The quantitative estimate of drug-likeness (QED) is 0.926. The fourth-order valence-corrected chi connectivity index (χ4v) is 3.65. The maximum Gasteiger partial charge on any atom is 0.335 e. The van der Waals surface area contributed by atoms with Crippen LogP contribution in [-0.2, 0) is 6.42 Å². The summed E-state index contributed by atoms with van der Waals surface area (Å²) in [6.07, 6.45) is 0.699. The van der Waals surface area contributed by atoms with Crippen LogP contribution in [0.25, 0.3) is 0 Å². The SMILES string of the molecule is Cc1cc(C(=O)N2CCc3cc(C(=O)O)ccc32)c(C)s1. The molecule has 0 spiro atoms. The predicted octanol–water partition coefficient (Wildman–Crippen LogP) is 3.27. The number of thiophene rings is 1. The van der Waals surface area contributed by atoms with Gasteiger partial charge in [0, 0.05) is 22.0 Å². The third kappa shape index (κ3) is 2.34. The van der Waals surface area contributed by atoms with Gasteiger partial charge in [-0.1, -0.05) is 0 Å². The number of rotatable bonds is 2. The fraction of sp³-hybridized carbons (Fsp3) is 0.250. The van der Waals surface area contributed by atoms with Crippen molar-refractivity contribution in [1.29, 1.82) is 0 Å². The maximum atomic E-state index is 12.7. The van der Waals surface area contributed by atoms with Crippen LogP contribution in [0.1, 0.15) is 36.0 Å². The summed E-state index contributed by atoms with van der Waals surface area (Å²) in [5.41, 5.74) is 2.76. The van der Waals surface area contributed by atoms with E-state index in [0.29, 0.717) is 13.0 Å². The summed E-state index contributed by atoms with van der Waals surface area (Å²) in [4.78, 5) is 27.6. The predicted molar refractivity (Wildman–Crippen MR) is 82.6 cm³/mol. The first-order valence-electron chi connectivity index (χ1n) is 6.72. The third-order valence-corrected chi connectivity index (χ3v) is 4.70. The number of nitrogens with zero attached hydrogens (tertiary/aromatic N) is 1. The zero-order chi connectivity index (χ0) is 15.1. The lowest BCUT2D eigenvalue weighted by Gasteiger charge is -2.17. The molecule has 1 aromatic heterocycles. The molecule has 1 amide bonds. The number of aromatic carboxylic acids is 1. The standard InChI is InChI=1S/C16H15NO3S/c1-9-7-13(10(2)21-9)15(18)17-6-5-11-8-12(16(19)20)3-4-14(11)17/h3-4,7-8H,5-6H2,1-2H3,(H,19,20). The number of amides is 1. The Morgan fingerprint density at radius 2 is 2.00 bits per heavy atom. The van der Waals surface area contributed by atoms with Crippen molar-refractivity contribution in [1.82, 2.24) is 0 Å². The number of carboxylic acid groups (broad SMARTS) is 1. The average Bonchev–Trinajstić information content (AvgIpc) is 3.00. The van der Waals surface area contributed by atoms with Gasteiger partial charge in [0.1, 0.15) is 0 Å². The van der Waals surface area contributed by atoms with Gasteiger partial charge in [-0.15, -0.1) is 11.3 Å². The number of fused-ring (bicyclic) bond motifs is 1. The second kappa shape index (κ2) is 5.00. The van der Waals surface area contributed by atoms with E-state index in [1.807, 2.05) is 19.9 Å². The Morgan fingerprint density at radius 3 is 2.62 bits per heavy atom. The van der Waals surface area contributed by atoms with E-state index in [1.54, 1.807) is 34.4 Å². The molecule has 3 rings (SSSR count). The van der Waals surface area contributed by atoms with E-state index in [0.717, 1.165) is 26.6 Å². The summed E-state index contributed by atoms with van der Waals surface area (Å²) in [6, 6.07) is 6.87. The van der Waals surface area contributed by atoms with Crippen LogP contribution in [-0.4, -0.2) is 23.5 Å². The summed E-state index contributed by atoms with van der Waals surface area (Å²) in [6.45, 7) is 4.55. The average molecular weight is 301 g/mol. The van der Waals surface area contributed by atoms with E-state index < -0.39 is 5.97 Å². The lowest BCUT2D eigenvalue weighted by atomic mass is 10.1. The Bertz CT molecular complexity index is 748. The Hall–Kier alpha value is -2.14. The van der Waals surface area contributed by atoms with Crippen molar-refractivity contribution >= 4 is 28.9 Å². The van der Waals surface area contributed by atoms with Crippen molar-refractivity contribution in [3.05, 3.63) is 50.7 Å². The molecule has 108 valence electrons. The van der Waals surface area contributed by atoms with E-state index in [-0.39, 0.29) is 11.5 Å². The van der Waals surface area contributed by atoms with Crippen molar-refractivity contribution in [3.63, 3.8) is 0 Å². The van der Waals surface area contributed by atoms with Gasteiger partial charge >= 0.3 is 5.97 Å². The van der Waals surface area contributed by atoms with Gasteiger partial charge < -0.3 is 10.0 Å². The number of aryl methyl sites for hydroxylation is 2. The highest BCUT2D eigenvalue weighted by Gasteiger charge is 2.27. The van der Waals surface area contributed by atoms with Gasteiger partial charge in [0.15, 0.2) is 0 Å². The maximum absolute atomic E-state index is 12.7. The number of carboxylic acids is 1. The van der Waals surface area contributed by atoms with Crippen LogP contribution in [0.2, 0.25) is 0 Å². The molecule has 1 aliphatic rings. The Balaban J connectivity index is 1.96. The van der Waals surface area contributed by atoms with Crippen molar-refractivity contribution in [2.45, 2.75) is 20.3 Å². The second-order valence-corrected chi connectivity index (χ2v) is 6.64. The molecule has 1 aliphatic heterocycles. The molecule has 2 heterocycles. The molecule has 0 radical (unpaired) electrons. The number of carbonyl (C=O) groups is 2. The topological polar surface area (TPSA) is 57.6 Å². The van der Waals surface area contributed by atoms with E-state index in [1.165, 1.54) is 0 Å². The van der Waals surface area contributed by atoms with Gasteiger partial charge in [-0.05, 0) is 50.1 Å². The Kier molecular flexibility index (Phi) is 3.29. The van der Waals surface area contributed by atoms with Crippen molar-refractivity contribution in [2.24, 2.45) is 0 Å². The Labute approximate surface area is 126 Å². The lowest BCUT2D eigenvalue weighted by molar-refractivity contribution is 0.0696. The number of carbonyl (C=O) groups excluding carboxylic acids is 1. The summed E-state index contributed by atoms with van der Waals surface area (Å²) < 4.78 is 0. The molecule has 21 heavy (non-hydrogen) atoms. The zero-order valence-corrected chi connectivity index (χ0v) is 12.7. The molecule has 0 atom stereocenters. The zero-order valence-electron chi connectivity index (χ0n) is 11.8. The first-order valence-corrected chi connectivity index (χ1v) is 7.54. The van der Waals surface area contributed by atoms with Gasteiger partial charge in [-0.2, -0.15) is 0 Å². The van der Waals surface area contributed by atoms with Crippen LogP contribution >= 0.6 is 11.3 Å². The highest BCUT2D eigenvalue weighted by atomic mass is 32.1. The molecule has 2 aromatic rings. The van der Waals surface area contributed by atoms with Crippen molar-refractivity contribution in [3.8, 4) is 0 Å². The molecule has 1 aromatic carbocycles. The van der Waals surface area contributed by atoms with Gasteiger partial charge in [0.05, 0.1) is 11.1 Å². The van der Waals surface area contributed by atoms with Crippen LogP contribution < -0.4 is 4.90 Å². The fourth-order valence-electron chi connectivity index (χ4n) is 2.73. The monoisotopic (exact) mass is 301 g/mol. The molecule has 1 N–H and O–H groups in total. The second-order valence-electron chi connectivity index (χ2n) is 5.18. The number of benzene rings is 1. The van der Waals surface area contributed by atoms with Gasteiger partial charge in [0.25, 0.3) is 5.91 Å². The largest absolute Gasteiger partial charge is 0.478 e. The minimum Gasteiger partial charge on any atom is -0.478 e. The molecule has 0 bridgehead atoms. The van der Waals surface area contributed by atoms with Crippen molar-refractivity contribution in [2.75, 3.05) is 11.4 Å². The molecule has 0 fully saturated rings. The van der Waals surface area contributed by atoms with Crippen LogP contribution in [0.5, 0.6) is 0 Å². The molecule has 0 unspecified atom stereocenters. The summed E-state index contributed by atoms with van der Waals surface area (Å²) in [5.74, 6) is -0.939. The molecule has 0 saturated carbocycles. The molecular formula is C16H15NO3S. The first kappa shape index (κ1) is 13.8. The van der Waals surface area contributed by atoms with E-state index in [4.69, 9.17) is 5.11 Å². The van der Waals surface area contributed by atoms with Crippen LogP contribution in [0.4, 0.5) is 5.69 Å². The molecular weight excluding hydrogens is 286 g/mol. The van der Waals surface area contributed by atoms with E-state index >= 15 is 0 Å². The minimum absolute atomic E-state index is 0.00123. The van der Waals surface area contributed by atoms with Crippen LogP contribution in [0, 0.1) is 13.8 Å². The number of hydrogen-bond donors (Lipinski definition) is 1. The summed E-state index contributed by atoms with van der Waals surface area (Å²) in [5, 5.41) is 9.03. The summed E-state index contributed by atoms with van der Waals surface area (Å²) >= 11 is 1.62. The van der Waals surface area contributed by atoms with Crippen molar-refractivity contribution < 1.29 is 14.7 Å². The van der Waals surface area contributed by atoms with Gasteiger partial charge in [-0.25, -0.2) is 4.79 Å². The van der Waals surface area contributed by atoms with E-state index in [9.17, 15) is 9.59 Å². The normalized spacial score (nSPS) is 13.3. The summed E-state index contributed by atoms with van der Waals surface area (Å²) in [7, 11) is 0. The van der Waals surface area contributed by atoms with Crippen LogP contribution in [0.3, 0.4) is 0 Å². The lowest BCUT2D eigenvalue weighted by Crippen LogP contribution is -2.29. The van der Waals surface area contributed by atoms with Gasteiger partial charge in [-0.3, -0.25) is 4.79 Å². The molecule has 0 saturated heterocycles. The molecule has 0 aliphatic carbocycles. The number of anilines is 1. The highest BCUT2D eigenvalue weighted by Crippen LogP contribution is 2.32. The highest BCUT2D eigenvalue weighted by molar-refractivity contribution is 7.12. The molecule has 5 heteroatoms. The smallest absolute Gasteiger partial charge is 0.335 e. The first-order chi connectivity index (χ1) is 9.97. The molecule has 4 nitrogen and oxygen atoms in total. The van der Waals surface area contributed by atoms with E-state index in [2.05, 4.69) is 0 Å².